The minimum atomic E-state index is -0.0902. The molecule has 0 radical (unpaired) electrons. The number of imidazole rings is 1. The van der Waals surface area contributed by atoms with Crippen LogP contribution < -0.4 is 10.2 Å². The number of hydrogen-bond acceptors (Lipinski definition) is 7. The van der Waals surface area contributed by atoms with E-state index in [0.717, 1.165) is 86.0 Å². The van der Waals surface area contributed by atoms with Gasteiger partial charge in [-0.3, -0.25) is 19.3 Å². The molecule has 33 heavy (non-hydrogen) atoms. The first-order valence-corrected chi connectivity index (χ1v) is 12.0. The van der Waals surface area contributed by atoms with Gasteiger partial charge in [-0.2, -0.15) is 0 Å². The van der Waals surface area contributed by atoms with Gasteiger partial charge in [-0.15, -0.1) is 0 Å². The number of benzene rings is 2. The molecule has 1 saturated heterocycles. The van der Waals surface area contributed by atoms with Crippen LogP contribution in [0.4, 0.5) is 5.95 Å². The molecular formula is C24H28ClN7O. The van der Waals surface area contributed by atoms with Gasteiger partial charge in [0, 0.05) is 24.7 Å². The highest BCUT2D eigenvalue weighted by molar-refractivity contribution is 6.30. The zero-order valence-electron chi connectivity index (χ0n) is 18.5. The number of halogens is 1. The summed E-state index contributed by atoms with van der Waals surface area (Å²) < 4.78 is 7.73. The monoisotopic (exact) mass is 465 g/mol. The quantitative estimate of drug-likeness (QED) is 0.625. The highest BCUT2D eigenvalue weighted by Gasteiger charge is 2.35. The number of morpholine rings is 1. The van der Waals surface area contributed by atoms with Crippen LogP contribution in [0.25, 0.3) is 11.0 Å². The number of ether oxygens (including phenoxy) is 1. The Morgan fingerprint density at radius 2 is 1.79 bits per heavy atom. The van der Waals surface area contributed by atoms with Crippen molar-refractivity contribution in [1.29, 1.82) is 0 Å². The average molecular weight is 466 g/mol. The number of anilines is 1. The van der Waals surface area contributed by atoms with E-state index in [-0.39, 0.29) is 6.17 Å². The molecule has 9 heteroatoms. The van der Waals surface area contributed by atoms with Crippen LogP contribution in [0.15, 0.2) is 53.5 Å². The van der Waals surface area contributed by atoms with Crippen LogP contribution in [-0.4, -0.2) is 78.0 Å². The minimum Gasteiger partial charge on any atom is -0.379 e. The van der Waals surface area contributed by atoms with Crippen molar-refractivity contribution in [3.8, 4) is 0 Å². The summed E-state index contributed by atoms with van der Waals surface area (Å²) in [6, 6.07) is 16.3. The zero-order valence-corrected chi connectivity index (χ0v) is 19.3. The van der Waals surface area contributed by atoms with Gasteiger partial charge in [0.2, 0.25) is 11.9 Å². The molecule has 1 N–H and O–H groups in total. The topological polar surface area (TPSA) is 61.2 Å². The van der Waals surface area contributed by atoms with E-state index in [9.17, 15) is 0 Å². The number of rotatable bonds is 5. The second kappa shape index (κ2) is 8.95. The van der Waals surface area contributed by atoms with Gasteiger partial charge in [0.15, 0.2) is 0 Å². The number of aromatic nitrogens is 2. The number of nitrogens with zero attached hydrogens (tertiary/aromatic N) is 6. The lowest BCUT2D eigenvalue weighted by Crippen LogP contribution is -2.57. The molecule has 0 spiro atoms. The number of nitrogens with one attached hydrogen (secondary N) is 1. The van der Waals surface area contributed by atoms with Crippen LogP contribution in [0.2, 0.25) is 5.02 Å². The fourth-order valence-electron chi connectivity index (χ4n) is 4.87. The summed E-state index contributed by atoms with van der Waals surface area (Å²) in [5, 5.41) is 4.39. The van der Waals surface area contributed by atoms with Crippen molar-refractivity contribution in [3.63, 3.8) is 0 Å². The molecule has 172 valence electrons. The smallest absolute Gasteiger partial charge is 0.216 e. The van der Waals surface area contributed by atoms with Gasteiger partial charge in [0.05, 0.1) is 37.6 Å². The number of fused-ring (bicyclic) bond motifs is 5. The Kier molecular flexibility index (Phi) is 5.67. The predicted molar refractivity (Wildman–Crippen MR) is 131 cm³/mol. The van der Waals surface area contributed by atoms with Gasteiger partial charge in [-0.1, -0.05) is 35.9 Å². The number of hydrogen-bond donors (Lipinski definition) is 1. The van der Waals surface area contributed by atoms with E-state index in [0.29, 0.717) is 6.67 Å². The lowest BCUT2D eigenvalue weighted by molar-refractivity contribution is 0.0361. The fourth-order valence-corrected chi connectivity index (χ4v) is 5.00. The molecule has 0 bridgehead atoms. The van der Waals surface area contributed by atoms with Crippen molar-refractivity contribution < 1.29 is 4.74 Å². The average Bonchev–Trinajstić information content (AvgIpc) is 3.25. The number of para-hydroxylation sites is 2. The normalized spacial score (nSPS) is 21.4. The second-order valence-corrected chi connectivity index (χ2v) is 9.20. The van der Waals surface area contributed by atoms with E-state index >= 15 is 0 Å². The third kappa shape index (κ3) is 4.08. The maximum absolute atomic E-state index is 6.16. The fraction of sp³-hybridized carbons (Fsp3) is 0.417. The summed E-state index contributed by atoms with van der Waals surface area (Å²) in [6.07, 6.45) is 1.03. The summed E-state index contributed by atoms with van der Waals surface area (Å²) in [6.45, 7) is 7.34. The van der Waals surface area contributed by atoms with Crippen molar-refractivity contribution in [2.24, 2.45) is 4.99 Å². The van der Waals surface area contributed by atoms with E-state index in [1.807, 2.05) is 18.2 Å². The largest absolute Gasteiger partial charge is 0.379 e. The van der Waals surface area contributed by atoms with Crippen LogP contribution in [0, 0.1) is 0 Å². The third-order valence-corrected chi connectivity index (χ3v) is 6.85. The van der Waals surface area contributed by atoms with Gasteiger partial charge >= 0.3 is 0 Å². The highest BCUT2D eigenvalue weighted by atomic mass is 35.5. The Morgan fingerprint density at radius 1 is 1.00 bits per heavy atom. The van der Waals surface area contributed by atoms with Crippen molar-refractivity contribution in [2.45, 2.75) is 12.6 Å². The van der Waals surface area contributed by atoms with Gasteiger partial charge in [-0.05, 0) is 42.8 Å². The molecule has 3 aliphatic rings. The summed E-state index contributed by atoms with van der Waals surface area (Å²) in [5.41, 5.74) is 3.21. The molecule has 0 unspecified atom stereocenters. The predicted octanol–water partition coefficient (Wildman–Crippen LogP) is 2.96. The van der Waals surface area contributed by atoms with Crippen LogP contribution in [0.1, 0.15) is 18.2 Å². The molecule has 3 aliphatic heterocycles. The molecule has 8 nitrogen and oxygen atoms in total. The van der Waals surface area contributed by atoms with Crippen LogP contribution >= 0.6 is 11.6 Å². The first-order chi connectivity index (χ1) is 16.3. The summed E-state index contributed by atoms with van der Waals surface area (Å²) >= 11 is 6.16. The van der Waals surface area contributed by atoms with Crippen molar-refractivity contribution in [2.75, 3.05) is 57.6 Å². The summed E-state index contributed by atoms with van der Waals surface area (Å²) in [5.74, 6) is 1.80. The molecule has 1 fully saturated rings. The molecule has 3 aromatic rings. The number of aliphatic imine (C=N–C) groups is 1. The summed E-state index contributed by atoms with van der Waals surface area (Å²) in [7, 11) is 0. The molecule has 4 heterocycles. The van der Waals surface area contributed by atoms with Gasteiger partial charge in [0.25, 0.3) is 0 Å². The van der Waals surface area contributed by atoms with Gasteiger partial charge < -0.3 is 10.1 Å². The van der Waals surface area contributed by atoms with Crippen molar-refractivity contribution in [1.82, 2.24) is 24.7 Å². The van der Waals surface area contributed by atoms with Gasteiger partial charge in [-0.25, -0.2) is 9.98 Å². The molecule has 1 atom stereocenters. The van der Waals surface area contributed by atoms with Crippen LogP contribution in [-0.2, 0) is 4.74 Å². The van der Waals surface area contributed by atoms with E-state index in [1.165, 1.54) is 0 Å². The van der Waals surface area contributed by atoms with Crippen LogP contribution in [0.5, 0.6) is 0 Å². The molecule has 6 rings (SSSR count). The van der Waals surface area contributed by atoms with E-state index in [2.05, 4.69) is 54.9 Å². The Hall–Kier alpha value is -2.65. The first-order valence-electron chi connectivity index (χ1n) is 11.6. The SMILES string of the molecule is Clc1ccc([C@@H]2NC3=NCN(CCCN4CCOCC4)CN3c3nc4ccccc4n32)cc1. The molecule has 2 aromatic carbocycles. The molecule has 0 amide bonds. The maximum Gasteiger partial charge on any atom is 0.216 e. The molecule has 1 aromatic heterocycles. The van der Waals surface area contributed by atoms with Gasteiger partial charge in [0.1, 0.15) is 6.17 Å². The molecule has 0 saturated carbocycles. The van der Waals surface area contributed by atoms with E-state index in [1.54, 1.807) is 0 Å². The third-order valence-electron chi connectivity index (χ3n) is 6.60. The van der Waals surface area contributed by atoms with Crippen LogP contribution in [0.3, 0.4) is 0 Å². The lowest BCUT2D eigenvalue weighted by atomic mass is 10.1. The summed E-state index contributed by atoms with van der Waals surface area (Å²) in [4.78, 5) is 17.0. The number of guanidine groups is 1. The Bertz CT molecular complexity index is 1160. The lowest BCUT2D eigenvalue weighted by Gasteiger charge is -2.42. The second-order valence-electron chi connectivity index (χ2n) is 8.76. The molecule has 0 aliphatic carbocycles. The Morgan fingerprint density at radius 3 is 2.64 bits per heavy atom. The van der Waals surface area contributed by atoms with E-state index < -0.39 is 0 Å². The molecular weight excluding hydrogens is 438 g/mol. The minimum absolute atomic E-state index is 0.0902. The van der Waals surface area contributed by atoms with Crippen molar-refractivity contribution >= 4 is 34.5 Å². The maximum atomic E-state index is 6.16. The zero-order chi connectivity index (χ0) is 22.2. The Balaban J connectivity index is 1.26. The standard InChI is InChI=1S/C24H28ClN7O/c25-19-8-6-18(7-9-19)22-28-23-26-16-30(11-3-10-29-12-14-33-15-13-29)17-31(23)24-27-20-4-1-2-5-21(20)32(22)24/h1-2,4-9,22H,3,10-17H2,(H,26,28)/t22-/m1/s1. The first kappa shape index (κ1) is 20.9. The van der Waals surface area contributed by atoms with E-state index in [4.69, 9.17) is 26.3 Å². The Labute approximate surface area is 198 Å². The van der Waals surface area contributed by atoms with Crippen molar-refractivity contribution in [3.05, 3.63) is 59.1 Å². The highest BCUT2D eigenvalue weighted by Crippen LogP contribution is 2.34.